The van der Waals surface area contributed by atoms with Crippen LogP contribution >= 0.6 is 0 Å². The van der Waals surface area contributed by atoms with Gasteiger partial charge in [0, 0.05) is 37.6 Å². The Morgan fingerprint density at radius 2 is 1.76 bits per heavy atom. The van der Waals surface area contributed by atoms with Gasteiger partial charge in [0.1, 0.15) is 0 Å². The van der Waals surface area contributed by atoms with Crippen LogP contribution in [-0.2, 0) is 6.54 Å². The summed E-state index contributed by atoms with van der Waals surface area (Å²) in [6.07, 6.45) is 11.9. The van der Waals surface area contributed by atoms with Crippen LogP contribution in [0.3, 0.4) is 0 Å². The SMILES string of the molecule is CC(C)CNCc1cnc(N(C)C2CCCCCC2)nc1. The molecule has 1 heterocycles. The molecule has 21 heavy (non-hydrogen) atoms. The second-order valence-corrected chi connectivity index (χ2v) is 6.67. The average Bonchev–Trinajstić information content (AvgIpc) is 2.76. The Labute approximate surface area is 129 Å². The first-order chi connectivity index (χ1) is 10.2. The molecule has 2 rings (SSSR count). The summed E-state index contributed by atoms with van der Waals surface area (Å²) in [5.74, 6) is 1.54. The molecular weight excluding hydrogens is 260 g/mol. The predicted octanol–water partition coefficient (Wildman–Crippen LogP) is 3.38. The highest BCUT2D eigenvalue weighted by Crippen LogP contribution is 2.23. The Morgan fingerprint density at radius 3 is 2.33 bits per heavy atom. The van der Waals surface area contributed by atoms with Crippen molar-refractivity contribution in [2.75, 3.05) is 18.5 Å². The zero-order chi connectivity index (χ0) is 15.1. The number of anilines is 1. The molecule has 1 fully saturated rings. The first-order valence-electron chi connectivity index (χ1n) is 8.41. The smallest absolute Gasteiger partial charge is 0.225 e. The van der Waals surface area contributed by atoms with E-state index < -0.39 is 0 Å². The van der Waals surface area contributed by atoms with Gasteiger partial charge in [-0.15, -0.1) is 0 Å². The van der Waals surface area contributed by atoms with Crippen LogP contribution in [0.15, 0.2) is 12.4 Å². The summed E-state index contributed by atoms with van der Waals surface area (Å²) >= 11 is 0. The molecule has 0 spiro atoms. The van der Waals surface area contributed by atoms with E-state index in [0.717, 1.165) is 24.6 Å². The van der Waals surface area contributed by atoms with E-state index in [4.69, 9.17) is 0 Å². The molecule has 1 aliphatic carbocycles. The summed E-state index contributed by atoms with van der Waals surface area (Å²) in [7, 11) is 2.14. The highest BCUT2D eigenvalue weighted by atomic mass is 15.2. The van der Waals surface area contributed by atoms with Gasteiger partial charge in [0.15, 0.2) is 0 Å². The second-order valence-electron chi connectivity index (χ2n) is 6.67. The topological polar surface area (TPSA) is 41.1 Å². The van der Waals surface area contributed by atoms with Gasteiger partial charge in [-0.3, -0.25) is 0 Å². The normalized spacial score (nSPS) is 17.0. The van der Waals surface area contributed by atoms with Crippen molar-refractivity contribution in [1.82, 2.24) is 15.3 Å². The van der Waals surface area contributed by atoms with Gasteiger partial charge in [0.2, 0.25) is 5.95 Å². The van der Waals surface area contributed by atoms with Crippen LogP contribution in [0.1, 0.15) is 57.9 Å². The number of nitrogens with one attached hydrogen (secondary N) is 1. The summed E-state index contributed by atoms with van der Waals surface area (Å²) in [6.45, 7) is 6.32. The first kappa shape index (κ1) is 16.2. The minimum Gasteiger partial charge on any atom is -0.341 e. The fraction of sp³-hybridized carbons (Fsp3) is 0.765. The zero-order valence-corrected chi connectivity index (χ0v) is 13.8. The molecule has 118 valence electrons. The molecule has 0 saturated heterocycles. The fourth-order valence-electron chi connectivity index (χ4n) is 2.93. The van der Waals surface area contributed by atoms with E-state index in [1.54, 1.807) is 0 Å². The summed E-state index contributed by atoms with van der Waals surface area (Å²) in [4.78, 5) is 11.4. The van der Waals surface area contributed by atoms with Crippen molar-refractivity contribution >= 4 is 5.95 Å². The standard InChI is InChI=1S/C17H30N4/c1-14(2)10-18-11-15-12-19-17(20-13-15)21(3)16-8-6-4-5-7-9-16/h12-14,16,18H,4-11H2,1-3H3. The van der Waals surface area contributed by atoms with E-state index in [1.165, 1.54) is 38.5 Å². The lowest BCUT2D eigenvalue weighted by atomic mass is 10.1. The first-order valence-corrected chi connectivity index (χ1v) is 8.41. The Kier molecular flexibility index (Phi) is 6.43. The largest absolute Gasteiger partial charge is 0.341 e. The maximum Gasteiger partial charge on any atom is 0.225 e. The molecule has 1 aliphatic rings. The lowest BCUT2D eigenvalue weighted by Crippen LogP contribution is -2.32. The summed E-state index contributed by atoms with van der Waals surface area (Å²) in [6, 6.07) is 0.609. The third-order valence-corrected chi connectivity index (χ3v) is 4.26. The molecule has 0 amide bonds. The molecule has 1 aromatic heterocycles. The van der Waals surface area contributed by atoms with Crippen LogP contribution in [0.25, 0.3) is 0 Å². The van der Waals surface area contributed by atoms with Crippen molar-refractivity contribution in [3.63, 3.8) is 0 Å². The average molecular weight is 290 g/mol. The van der Waals surface area contributed by atoms with E-state index in [0.29, 0.717) is 12.0 Å². The third-order valence-electron chi connectivity index (χ3n) is 4.26. The molecular formula is C17H30N4. The molecule has 0 bridgehead atoms. The highest BCUT2D eigenvalue weighted by molar-refractivity contribution is 5.30. The minimum atomic E-state index is 0.609. The highest BCUT2D eigenvalue weighted by Gasteiger charge is 2.18. The van der Waals surface area contributed by atoms with Crippen molar-refractivity contribution in [3.05, 3.63) is 18.0 Å². The Bertz CT molecular complexity index is 394. The van der Waals surface area contributed by atoms with E-state index in [-0.39, 0.29) is 0 Å². The van der Waals surface area contributed by atoms with Gasteiger partial charge in [-0.25, -0.2) is 9.97 Å². The third kappa shape index (κ3) is 5.27. The summed E-state index contributed by atoms with van der Waals surface area (Å²) in [5, 5.41) is 3.43. The van der Waals surface area contributed by atoms with Crippen molar-refractivity contribution < 1.29 is 0 Å². The maximum atomic E-state index is 4.56. The van der Waals surface area contributed by atoms with Gasteiger partial charge in [0.05, 0.1) is 0 Å². The number of rotatable bonds is 6. The number of aromatic nitrogens is 2. The molecule has 1 N–H and O–H groups in total. The molecule has 4 heteroatoms. The quantitative estimate of drug-likeness (QED) is 0.815. The van der Waals surface area contributed by atoms with Crippen molar-refractivity contribution in [2.45, 2.75) is 65.0 Å². The molecule has 1 aromatic rings. The fourth-order valence-corrected chi connectivity index (χ4v) is 2.93. The molecule has 0 aliphatic heterocycles. The van der Waals surface area contributed by atoms with Crippen LogP contribution in [0.2, 0.25) is 0 Å². The van der Waals surface area contributed by atoms with Crippen molar-refractivity contribution in [1.29, 1.82) is 0 Å². The lowest BCUT2D eigenvalue weighted by Gasteiger charge is -2.27. The summed E-state index contributed by atoms with van der Waals surface area (Å²) < 4.78 is 0. The monoisotopic (exact) mass is 290 g/mol. The number of hydrogen-bond donors (Lipinski definition) is 1. The van der Waals surface area contributed by atoms with Gasteiger partial charge < -0.3 is 10.2 Å². The Balaban J connectivity index is 1.88. The molecule has 1 saturated carbocycles. The Morgan fingerprint density at radius 1 is 1.14 bits per heavy atom. The van der Waals surface area contributed by atoms with Crippen LogP contribution in [-0.4, -0.2) is 29.6 Å². The summed E-state index contributed by atoms with van der Waals surface area (Å²) in [5.41, 5.74) is 1.16. The molecule has 4 nitrogen and oxygen atoms in total. The van der Waals surface area contributed by atoms with E-state index in [1.807, 2.05) is 12.4 Å². The van der Waals surface area contributed by atoms with Crippen LogP contribution in [0.4, 0.5) is 5.95 Å². The van der Waals surface area contributed by atoms with Crippen LogP contribution < -0.4 is 10.2 Å². The van der Waals surface area contributed by atoms with Crippen LogP contribution in [0.5, 0.6) is 0 Å². The Hall–Kier alpha value is -1.16. The maximum absolute atomic E-state index is 4.56. The molecule has 0 aromatic carbocycles. The van der Waals surface area contributed by atoms with Crippen molar-refractivity contribution in [3.8, 4) is 0 Å². The van der Waals surface area contributed by atoms with Gasteiger partial charge in [0.25, 0.3) is 0 Å². The van der Waals surface area contributed by atoms with Crippen molar-refractivity contribution in [2.24, 2.45) is 5.92 Å². The zero-order valence-electron chi connectivity index (χ0n) is 13.8. The van der Waals surface area contributed by atoms with E-state index in [9.17, 15) is 0 Å². The lowest BCUT2D eigenvalue weighted by molar-refractivity contribution is 0.541. The van der Waals surface area contributed by atoms with Gasteiger partial charge in [-0.1, -0.05) is 39.5 Å². The van der Waals surface area contributed by atoms with Gasteiger partial charge in [-0.2, -0.15) is 0 Å². The number of nitrogens with zero attached hydrogens (tertiary/aromatic N) is 3. The van der Waals surface area contributed by atoms with Gasteiger partial charge in [-0.05, 0) is 25.3 Å². The number of hydrogen-bond acceptors (Lipinski definition) is 4. The molecule has 0 radical (unpaired) electrons. The van der Waals surface area contributed by atoms with E-state index >= 15 is 0 Å². The molecule has 0 unspecified atom stereocenters. The van der Waals surface area contributed by atoms with E-state index in [2.05, 4.69) is 41.1 Å². The second kappa shape index (κ2) is 8.32. The van der Waals surface area contributed by atoms with Gasteiger partial charge >= 0.3 is 0 Å². The minimum absolute atomic E-state index is 0.609. The predicted molar refractivity (Wildman–Crippen MR) is 88.5 cm³/mol. The van der Waals surface area contributed by atoms with Crippen LogP contribution in [0, 0.1) is 5.92 Å². The molecule has 0 atom stereocenters.